The summed E-state index contributed by atoms with van der Waals surface area (Å²) in [6.45, 7) is 0. The van der Waals surface area contributed by atoms with Gasteiger partial charge in [-0.1, -0.05) is 25.0 Å². The van der Waals surface area contributed by atoms with Gasteiger partial charge in [-0.2, -0.15) is 9.78 Å². The van der Waals surface area contributed by atoms with Crippen molar-refractivity contribution in [2.75, 3.05) is 5.32 Å². The monoisotopic (exact) mass is 482 g/mol. The van der Waals surface area contributed by atoms with Crippen molar-refractivity contribution in [3.8, 4) is 17.0 Å². The smallest absolute Gasteiger partial charge is 0.342 e. The van der Waals surface area contributed by atoms with Gasteiger partial charge in [-0.15, -0.1) is 0 Å². The predicted octanol–water partition coefficient (Wildman–Crippen LogP) is 4.83. The lowest BCUT2D eigenvalue weighted by Crippen LogP contribution is -2.32. The van der Waals surface area contributed by atoms with Crippen molar-refractivity contribution >= 4 is 28.7 Å². The lowest BCUT2D eigenvalue weighted by molar-refractivity contribution is 0.102. The van der Waals surface area contributed by atoms with Crippen LogP contribution in [-0.4, -0.2) is 42.8 Å². The van der Waals surface area contributed by atoms with Crippen LogP contribution in [0.4, 0.5) is 10.5 Å². The van der Waals surface area contributed by atoms with Crippen molar-refractivity contribution < 1.29 is 14.7 Å². The Bertz CT molecular complexity index is 1470. The molecular weight excluding hydrogens is 456 g/mol. The van der Waals surface area contributed by atoms with Crippen LogP contribution in [0.25, 0.3) is 22.3 Å². The highest BCUT2D eigenvalue weighted by molar-refractivity contribution is 6.03. The molecule has 2 amide bonds. The fraction of sp³-hybridized carbons (Fsp3) is 0.296. The van der Waals surface area contributed by atoms with Crippen molar-refractivity contribution in [2.45, 2.75) is 50.5 Å². The van der Waals surface area contributed by atoms with E-state index < -0.39 is 5.91 Å². The van der Waals surface area contributed by atoms with E-state index in [0.29, 0.717) is 28.0 Å². The summed E-state index contributed by atoms with van der Waals surface area (Å²) in [5, 5.41) is 21.1. The second-order valence-electron chi connectivity index (χ2n) is 9.50. The molecule has 182 valence electrons. The first-order valence-corrected chi connectivity index (χ1v) is 12.3. The molecule has 9 heteroatoms. The van der Waals surface area contributed by atoms with E-state index >= 15 is 0 Å². The van der Waals surface area contributed by atoms with Gasteiger partial charge in [-0.25, -0.2) is 9.78 Å². The van der Waals surface area contributed by atoms with Gasteiger partial charge in [0.15, 0.2) is 0 Å². The van der Waals surface area contributed by atoms with E-state index in [2.05, 4.69) is 25.7 Å². The van der Waals surface area contributed by atoms with Gasteiger partial charge >= 0.3 is 6.03 Å². The second kappa shape index (κ2) is 9.07. The number of nitrogens with one attached hydrogen (secondary N) is 2. The molecule has 2 aliphatic rings. The van der Waals surface area contributed by atoms with Gasteiger partial charge in [-0.3, -0.25) is 9.78 Å². The summed E-state index contributed by atoms with van der Waals surface area (Å²) >= 11 is 0. The predicted molar refractivity (Wildman–Crippen MR) is 135 cm³/mol. The van der Waals surface area contributed by atoms with Crippen molar-refractivity contribution in [3.63, 3.8) is 0 Å². The van der Waals surface area contributed by atoms with Crippen LogP contribution in [0, 0.1) is 0 Å². The number of aromatic hydroxyl groups is 1. The standard InChI is InChI=1S/C27H26N6O3/c34-25-13-18(29-26(35)23-15-28-20-7-3-4-8-21(20)31-23)11-12-19(25)22-14-24(16-5-1-2-6-16)33(32-22)27(36)30-17-9-10-17/h3-4,7-8,11-17,34H,1-2,5-6,9-10H2,(H,29,35)(H,30,36). The summed E-state index contributed by atoms with van der Waals surface area (Å²) in [7, 11) is 0. The van der Waals surface area contributed by atoms with E-state index in [1.807, 2.05) is 24.3 Å². The normalized spacial score (nSPS) is 15.8. The first-order chi connectivity index (χ1) is 17.5. The van der Waals surface area contributed by atoms with E-state index in [-0.39, 0.29) is 29.4 Å². The number of hydrogen-bond donors (Lipinski definition) is 3. The summed E-state index contributed by atoms with van der Waals surface area (Å²) < 4.78 is 1.47. The SMILES string of the molecule is O=C(Nc1ccc(-c2cc(C3CCCC3)n(C(=O)NC3CC3)n2)c(O)c1)c1cnc2ccccc2n1. The van der Waals surface area contributed by atoms with Crippen LogP contribution in [0.1, 0.15) is 60.6 Å². The highest BCUT2D eigenvalue weighted by Crippen LogP contribution is 2.38. The van der Waals surface area contributed by atoms with Gasteiger partial charge in [0.25, 0.3) is 5.91 Å². The molecule has 3 N–H and O–H groups in total. The molecule has 2 saturated carbocycles. The number of phenolic OH excluding ortho intramolecular Hbond substituents is 1. The zero-order chi connectivity index (χ0) is 24.6. The maximum absolute atomic E-state index is 12.9. The minimum Gasteiger partial charge on any atom is -0.507 e. The van der Waals surface area contributed by atoms with Gasteiger partial charge in [0.05, 0.1) is 28.6 Å². The molecule has 0 bridgehead atoms. The number of phenols is 1. The molecule has 0 atom stereocenters. The molecule has 2 fully saturated rings. The van der Waals surface area contributed by atoms with Crippen LogP contribution < -0.4 is 10.6 Å². The summed E-state index contributed by atoms with van der Waals surface area (Å²) in [6.07, 6.45) is 7.74. The van der Waals surface area contributed by atoms with Crippen molar-refractivity contribution in [1.29, 1.82) is 0 Å². The summed E-state index contributed by atoms with van der Waals surface area (Å²) in [5.74, 6) is -0.187. The first-order valence-electron chi connectivity index (χ1n) is 12.3. The molecular formula is C27H26N6O3. The topological polar surface area (TPSA) is 122 Å². The zero-order valence-electron chi connectivity index (χ0n) is 19.6. The third-order valence-electron chi connectivity index (χ3n) is 6.82. The number of benzene rings is 2. The Hall–Kier alpha value is -4.27. The van der Waals surface area contributed by atoms with E-state index in [0.717, 1.165) is 44.2 Å². The molecule has 0 spiro atoms. The number of nitrogens with zero attached hydrogens (tertiary/aromatic N) is 4. The Morgan fingerprint density at radius 2 is 1.75 bits per heavy atom. The molecule has 4 aromatic rings. The molecule has 9 nitrogen and oxygen atoms in total. The van der Waals surface area contributed by atoms with Crippen LogP contribution in [0.2, 0.25) is 0 Å². The number of amides is 2. The summed E-state index contributed by atoms with van der Waals surface area (Å²) in [5.41, 5.74) is 3.83. The largest absolute Gasteiger partial charge is 0.507 e. The Morgan fingerprint density at radius 3 is 2.50 bits per heavy atom. The first kappa shape index (κ1) is 22.2. The average molecular weight is 483 g/mol. The van der Waals surface area contributed by atoms with Crippen LogP contribution in [0.5, 0.6) is 5.75 Å². The number of rotatable bonds is 5. The lowest BCUT2D eigenvalue weighted by Gasteiger charge is -2.11. The van der Waals surface area contributed by atoms with Crippen LogP contribution in [0.3, 0.4) is 0 Å². The zero-order valence-corrected chi connectivity index (χ0v) is 19.6. The molecule has 2 aliphatic carbocycles. The van der Waals surface area contributed by atoms with Crippen LogP contribution in [0.15, 0.2) is 54.7 Å². The number of para-hydroxylation sites is 2. The highest BCUT2D eigenvalue weighted by atomic mass is 16.3. The van der Waals surface area contributed by atoms with Crippen molar-refractivity contribution in [3.05, 3.63) is 66.1 Å². The fourth-order valence-electron chi connectivity index (χ4n) is 4.75. The second-order valence-corrected chi connectivity index (χ2v) is 9.50. The quantitative estimate of drug-likeness (QED) is 0.375. The number of hydrogen-bond acceptors (Lipinski definition) is 6. The van der Waals surface area contributed by atoms with Gasteiger partial charge in [-0.05, 0) is 56.0 Å². The summed E-state index contributed by atoms with van der Waals surface area (Å²) in [6, 6.07) is 14.1. The lowest BCUT2D eigenvalue weighted by atomic mass is 10.0. The van der Waals surface area contributed by atoms with E-state index in [9.17, 15) is 14.7 Å². The van der Waals surface area contributed by atoms with Crippen LogP contribution in [-0.2, 0) is 0 Å². The Balaban J connectivity index is 1.25. The number of fused-ring (bicyclic) bond motifs is 1. The molecule has 0 radical (unpaired) electrons. The van der Waals surface area contributed by atoms with E-state index in [4.69, 9.17) is 0 Å². The maximum atomic E-state index is 12.9. The Morgan fingerprint density at radius 1 is 0.972 bits per heavy atom. The molecule has 2 aromatic heterocycles. The number of carbonyl (C=O) groups excluding carboxylic acids is 2. The number of carbonyl (C=O) groups is 2. The van der Waals surface area contributed by atoms with Gasteiger partial charge in [0, 0.05) is 29.3 Å². The minimum atomic E-state index is -0.426. The average Bonchev–Trinajstić information content (AvgIpc) is 3.34. The van der Waals surface area contributed by atoms with Gasteiger partial charge in [0.1, 0.15) is 11.4 Å². The third kappa shape index (κ3) is 4.39. The molecule has 0 unspecified atom stereocenters. The highest BCUT2D eigenvalue weighted by Gasteiger charge is 2.29. The molecule has 2 heterocycles. The maximum Gasteiger partial charge on any atom is 0.342 e. The molecule has 2 aromatic carbocycles. The Kier molecular flexibility index (Phi) is 5.59. The van der Waals surface area contributed by atoms with Crippen molar-refractivity contribution in [2.24, 2.45) is 0 Å². The fourth-order valence-corrected chi connectivity index (χ4v) is 4.75. The molecule has 36 heavy (non-hydrogen) atoms. The van der Waals surface area contributed by atoms with Gasteiger partial charge in [0.2, 0.25) is 0 Å². The minimum absolute atomic E-state index is 0.0392. The molecule has 0 saturated heterocycles. The molecule has 6 rings (SSSR count). The number of aromatic nitrogens is 4. The third-order valence-corrected chi connectivity index (χ3v) is 6.82. The van der Waals surface area contributed by atoms with Crippen molar-refractivity contribution in [1.82, 2.24) is 25.1 Å². The number of anilines is 1. The summed E-state index contributed by atoms with van der Waals surface area (Å²) in [4.78, 5) is 34.2. The van der Waals surface area contributed by atoms with Gasteiger partial charge < -0.3 is 15.7 Å². The Labute approximate surface area is 207 Å². The van der Waals surface area contributed by atoms with Crippen LogP contribution >= 0.6 is 0 Å². The van der Waals surface area contributed by atoms with E-state index in [1.54, 1.807) is 18.2 Å². The molecule has 0 aliphatic heterocycles. The van der Waals surface area contributed by atoms with E-state index in [1.165, 1.54) is 16.9 Å².